The molecule has 0 atom stereocenters. The summed E-state index contributed by atoms with van der Waals surface area (Å²) in [5.74, 6) is 1.69. The van der Waals surface area contributed by atoms with E-state index in [1.165, 1.54) is 6.07 Å². The molecule has 5 rings (SSSR count). The molecule has 3 aromatic carbocycles. The molecule has 7 heteroatoms. The van der Waals surface area contributed by atoms with Crippen LogP contribution < -0.4 is 14.8 Å². The molecule has 1 aliphatic heterocycles. The second kappa shape index (κ2) is 9.77. The molecule has 0 unspecified atom stereocenters. The van der Waals surface area contributed by atoms with E-state index in [9.17, 15) is 4.39 Å². The average molecular weight is 483 g/mol. The summed E-state index contributed by atoms with van der Waals surface area (Å²) >= 11 is 0. The van der Waals surface area contributed by atoms with Crippen LogP contribution in [0.15, 0.2) is 71.9 Å². The van der Waals surface area contributed by atoms with Crippen molar-refractivity contribution in [2.45, 2.75) is 26.3 Å². The number of ether oxygens (including phenoxy) is 2. The van der Waals surface area contributed by atoms with Crippen molar-refractivity contribution >= 4 is 17.3 Å². The van der Waals surface area contributed by atoms with Crippen LogP contribution in [0.4, 0.5) is 16.0 Å². The predicted octanol–water partition coefficient (Wildman–Crippen LogP) is 6.52. The molecule has 6 nitrogen and oxygen atoms in total. The number of rotatable bonds is 6. The van der Waals surface area contributed by atoms with Crippen LogP contribution in [0, 0.1) is 5.82 Å². The van der Waals surface area contributed by atoms with Crippen molar-refractivity contribution < 1.29 is 13.9 Å². The number of methoxy groups -OCH3 is 2. The summed E-state index contributed by atoms with van der Waals surface area (Å²) in [7, 11) is 3.19. The standard InChI is InChI=1S/C29H27FN4O2/c1-17(2)18-9-11-21-23(13-18)28(22-7-5-6-8-24(22)30)31-15-19-16-32-29(34-27(19)21)33-20-10-12-25(35-3)26(14-20)36-4/h5-14,16-17H,15H2,1-4H3,(H,32,33,34). The number of anilines is 2. The lowest BCUT2D eigenvalue weighted by Gasteiger charge is -2.16. The molecule has 1 aliphatic rings. The Morgan fingerprint density at radius 3 is 2.44 bits per heavy atom. The molecule has 0 bridgehead atoms. The zero-order chi connectivity index (χ0) is 25.2. The molecule has 0 fully saturated rings. The van der Waals surface area contributed by atoms with Gasteiger partial charge in [-0.15, -0.1) is 0 Å². The molecular formula is C29H27FN4O2. The van der Waals surface area contributed by atoms with Gasteiger partial charge in [0.15, 0.2) is 11.5 Å². The van der Waals surface area contributed by atoms with Crippen molar-refractivity contribution in [2.75, 3.05) is 19.5 Å². The first-order chi connectivity index (χ1) is 17.5. The van der Waals surface area contributed by atoms with Crippen LogP contribution in [0.1, 0.15) is 42.0 Å². The predicted molar refractivity (Wildman–Crippen MR) is 140 cm³/mol. The Hall–Kier alpha value is -4.26. The number of nitrogens with one attached hydrogen (secondary N) is 1. The highest BCUT2D eigenvalue weighted by Crippen LogP contribution is 2.35. The summed E-state index contributed by atoms with van der Waals surface area (Å²) in [4.78, 5) is 14.2. The molecule has 1 aromatic heterocycles. The Bertz CT molecular complexity index is 1470. The van der Waals surface area contributed by atoms with Gasteiger partial charge in [-0.25, -0.2) is 14.4 Å². The van der Waals surface area contributed by atoms with Crippen molar-refractivity contribution in [3.63, 3.8) is 0 Å². The quantitative estimate of drug-likeness (QED) is 0.339. The van der Waals surface area contributed by atoms with E-state index in [4.69, 9.17) is 19.5 Å². The smallest absolute Gasteiger partial charge is 0.227 e. The molecule has 0 spiro atoms. The SMILES string of the molecule is COc1ccc(Nc2ncc3c(n2)-c2ccc(C(C)C)cc2C(c2ccccc2F)=NC3)cc1OC. The van der Waals surface area contributed by atoms with E-state index < -0.39 is 0 Å². The molecule has 36 heavy (non-hydrogen) atoms. The van der Waals surface area contributed by atoms with Crippen LogP contribution in [0.5, 0.6) is 11.5 Å². The molecule has 0 saturated heterocycles. The van der Waals surface area contributed by atoms with Crippen LogP contribution in [-0.4, -0.2) is 29.9 Å². The van der Waals surface area contributed by atoms with Gasteiger partial charge >= 0.3 is 0 Å². The number of aliphatic imine (C=N–C) groups is 1. The van der Waals surface area contributed by atoms with Gasteiger partial charge in [0.25, 0.3) is 0 Å². The first-order valence-corrected chi connectivity index (χ1v) is 11.8. The van der Waals surface area contributed by atoms with Crippen molar-refractivity contribution in [2.24, 2.45) is 4.99 Å². The third kappa shape index (κ3) is 4.40. The molecule has 0 aliphatic carbocycles. The summed E-state index contributed by atoms with van der Waals surface area (Å²) in [5.41, 5.74) is 6.42. The van der Waals surface area contributed by atoms with Crippen LogP contribution in [0.2, 0.25) is 0 Å². The number of hydrogen-bond acceptors (Lipinski definition) is 6. The first kappa shape index (κ1) is 23.5. The van der Waals surface area contributed by atoms with Crippen molar-refractivity contribution in [1.29, 1.82) is 0 Å². The highest BCUT2D eigenvalue weighted by atomic mass is 19.1. The van der Waals surface area contributed by atoms with E-state index in [-0.39, 0.29) is 5.82 Å². The van der Waals surface area contributed by atoms with Gasteiger partial charge in [0, 0.05) is 40.2 Å². The van der Waals surface area contributed by atoms with Gasteiger partial charge in [0.2, 0.25) is 5.95 Å². The Kier molecular flexibility index (Phi) is 6.38. The number of hydrogen-bond donors (Lipinski definition) is 1. The topological polar surface area (TPSA) is 68.6 Å². The highest BCUT2D eigenvalue weighted by Gasteiger charge is 2.23. The normalized spacial score (nSPS) is 12.3. The number of nitrogens with zero attached hydrogens (tertiary/aromatic N) is 3. The average Bonchev–Trinajstić information content (AvgIpc) is 3.05. The zero-order valence-corrected chi connectivity index (χ0v) is 20.7. The molecular weight excluding hydrogens is 455 g/mol. The third-order valence-corrected chi connectivity index (χ3v) is 6.26. The van der Waals surface area contributed by atoms with Gasteiger partial charge < -0.3 is 14.8 Å². The van der Waals surface area contributed by atoms with E-state index in [1.807, 2.05) is 24.3 Å². The van der Waals surface area contributed by atoms with Gasteiger partial charge in [-0.1, -0.05) is 38.1 Å². The van der Waals surface area contributed by atoms with E-state index >= 15 is 0 Å². The van der Waals surface area contributed by atoms with E-state index in [1.54, 1.807) is 32.5 Å². The molecule has 1 N–H and O–H groups in total. The lowest BCUT2D eigenvalue weighted by molar-refractivity contribution is 0.355. The Labute approximate surface area is 209 Å². The van der Waals surface area contributed by atoms with E-state index in [2.05, 4.69) is 42.3 Å². The van der Waals surface area contributed by atoms with Crippen LogP contribution in [0.3, 0.4) is 0 Å². The number of aromatic nitrogens is 2. The lowest BCUT2D eigenvalue weighted by atomic mass is 9.90. The summed E-state index contributed by atoms with van der Waals surface area (Å²) in [6, 6.07) is 18.5. The van der Waals surface area contributed by atoms with Crippen LogP contribution in [-0.2, 0) is 6.54 Å². The molecule has 0 amide bonds. The number of benzene rings is 3. The monoisotopic (exact) mass is 482 g/mol. The minimum atomic E-state index is -0.301. The second-order valence-electron chi connectivity index (χ2n) is 8.87. The summed E-state index contributed by atoms with van der Waals surface area (Å²) in [6.45, 7) is 4.63. The van der Waals surface area contributed by atoms with E-state index in [0.29, 0.717) is 41.2 Å². The van der Waals surface area contributed by atoms with Crippen LogP contribution >= 0.6 is 0 Å². The molecule has 0 saturated carbocycles. The molecule has 182 valence electrons. The van der Waals surface area contributed by atoms with Gasteiger partial charge in [-0.05, 0) is 41.8 Å². The summed E-state index contributed by atoms with van der Waals surface area (Å²) in [6.07, 6.45) is 1.78. The maximum Gasteiger partial charge on any atom is 0.227 e. The molecule has 4 aromatic rings. The van der Waals surface area contributed by atoms with Gasteiger partial charge in [-0.2, -0.15) is 0 Å². The highest BCUT2D eigenvalue weighted by molar-refractivity contribution is 6.17. The fourth-order valence-electron chi connectivity index (χ4n) is 4.32. The zero-order valence-electron chi connectivity index (χ0n) is 20.7. The Morgan fingerprint density at radius 1 is 0.889 bits per heavy atom. The number of halogens is 1. The van der Waals surface area contributed by atoms with Gasteiger partial charge in [-0.3, -0.25) is 4.99 Å². The number of fused-ring (bicyclic) bond motifs is 3. The second-order valence-corrected chi connectivity index (χ2v) is 8.87. The van der Waals surface area contributed by atoms with Crippen LogP contribution in [0.25, 0.3) is 11.3 Å². The summed E-state index contributed by atoms with van der Waals surface area (Å²) in [5, 5.41) is 3.26. The molecule has 0 radical (unpaired) electrons. The summed E-state index contributed by atoms with van der Waals surface area (Å²) < 4.78 is 25.6. The Morgan fingerprint density at radius 2 is 1.69 bits per heavy atom. The van der Waals surface area contributed by atoms with E-state index in [0.717, 1.165) is 33.6 Å². The van der Waals surface area contributed by atoms with Crippen molar-refractivity contribution in [1.82, 2.24) is 9.97 Å². The largest absolute Gasteiger partial charge is 0.493 e. The maximum atomic E-state index is 14.9. The minimum absolute atomic E-state index is 0.301. The Balaban J connectivity index is 1.61. The lowest BCUT2D eigenvalue weighted by Crippen LogP contribution is -2.08. The minimum Gasteiger partial charge on any atom is -0.493 e. The fraction of sp³-hybridized carbons (Fsp3) is 0.207. The maximum absolute atomic E-state index is 14.9. The third-order valence-electron chi connectivity index (χ3n) is 6.26. The molecule has 2 heterocycles. The first-order valence-electron chi connectivity index (χ1n) is 11.8. The van der Waals surface area contributed by atoms with Crippen molar-refractivity contribution in [3.8, 4) is 22.8 Å². The van der Waals surface area contributed by atoms with Gasteiger partial charge in [0.1, 0.15) is 5.82 Å². The fourth-order valence-corrected chi connectivity index (χ4v) is 4.32. The van der Waals surface area contributed by atoms with Crippen molar-refractivity contribution in [3.05, 3.63) is 94.9 Å². The van der Waals surface area contributed by atoms with Gasteiger partial charge in [0.05, 0.1) is 32.2 Å².